The number of hydrogen-bond donors (Lipinski definition) is 0. The van der Waals surface area contributed by atoms with Gasteiger partial charge in [0.25, 0.3) is 6.71 Å². The summed E-state index contributed by atoms with van der Waals surface area (Å²) in [6.07, 6.45) is 0. The molecule has 4 nitrogen and oxygen atoms in total. The van der Waals surface area contributed by atoms with Gasteiger partial charge in [0, 0.05) is 91.2 Å². The van der Waals surface area contributed by atoms with E-state index < -0.39 is 0 Å². The van der Waals surface area contributed by atoms with Crippen molar-refractivity contribution >= 4 is 130 Å². The molecule has 0 N–H and O–H groups in total. The molecule has 0 saturated heterocycles. The maximum absolute atomic E-state index is 7.18. The first kappa shape index (κ1) is 32.5. The fourth-order valence-corrected chi connectivity index (χ4v) is 13.2. The van der Waals surface area contributed by atoms with Crippen molar-refractivity contribution in [1.29, 1.82) is 0 Å². The quantitative estimate of drug-likeness (QED) is 0.163. The van der Waals surface area contributed by atoms with Crippen LogP contribution in [0.5, 0.6) is 23.0 Å². The number of fused-ring (bicyclic) bond motifs is 18. The van der Waals surface area contributed by atoms with E-state index >= 15 is 0 Å². The molecule has 0 bridgehead atoms. The van der Waals surface area contributed by atoms with Crippen molar-refractivity contribution < 1.29 is 9.47 Å². The molecular weight excluding hydrogens is 784 g/mol. The Hall–Kier alpha value is -7.32. The fraction of sp³-hybridized carbons (Fsp3) is 0. The molecule has 0 fully saturated rings. The molecule has 0 unspecified atom stereocenters. The maximum Gasteiger partial charge on any atom is 0.260 e. The smallest absolute Gasteiger partial charge is 0.260 e. The van der Waals surface area contributed by atoms with Gasteiger partial charge in [0.2, 0.25) is 0 Å². The van der Waals surface area contributed by atoms with Crippen LogP contribution in [0.25, 0.3) is 95.3 Å². The fourth-order valence-electron chi connectivity index (χ4n) is 10.7. The average Bonchev–Trinajstić information content (AvgIpc) is 4.06. The van der Waals surface area contributed by atoms with Crippen LogP contribution in [0.2, 0.25) is 0 Å². The minimum absolute atomic E-state index is 0.0468. The highest BCUT2D eigenvalue weighted by Crippen LogP contribution is 2.46. The molecule has 9 aromatic carbocycles. The highest BCUT2D eigenvalue weighted by atomic mass is 32.1. The molecular formula is C54H29BN2O2S2. The van der Waals surface area contributed by atoms with Crippen LogP contribution in [0.15, 0.2) is 176 Å². The van der Waals surface area contributed by atoms with Gasteiger partial charge >= 0.3 is 0 Å². The second-order valence-corrected chi connectivity index (χ2v) is 18.4. The number of hydrogen-bond acceptors (Lipinski definition) is 4. The van der Waals surface area contributed by atoms with E-state index in [0.717, 1.165) is 61.8 Å². The predicted octanol–water partition coefficient (Wildman–Crippen LogP) is 13.3. The lowest BCUT2D eigenvalue weighted by Gasteiger charge is -2.33. The third kappa shape index (κ3) is 4.24. The van der Waals surface area contributed by atoms with Gasteiger partial charge in [0.15, 0.2) is 0 Å². The van der Waals surface area contributed by atoms with Crippen molar-refractivity contribution in [3.05, 3.63) is 176 Å². The van der Waals surface area contributed by atoms with Crippen LogP contribution in [0, 0.1) is 0 Å². The molecule has 282 valence electrons. The van der Waals surface area contributed by atoms with Gasteiger partial charge in [-0.1, -0.05) is 109 Å². The van der Waals surface area contributed by atoms with Crippen molar-refractivity contribution in [2.24, 2.45) is 0 Å². The largest absolute Gasteiger partial charge is 0.458 e. The Morgan fingerprint density at radius 3 is 1.49 bits per heavy atom. The number of nitrogens with zero attached hydrogens (tertiary/aromatic N) is 2. The highest BCUT2D eigenvalue weighted by Gasteiger charge is 2.41. The molecule has 0 radical (unpaired) electrons. The molecule has 2 aliphatic heterocycles. The molecule has 61 heavy (non-hydrogen) atoms. The number of benzene rings is 9. The van der Waals surface area contributed by atoms with E-state index in [1.807, 2.05) is 22.7 Å². The summed E-state index contributed by atoms with van der Waals surface area (Å²) in [4.78, 5) is 0. The number of thiophene rings is 2. The first-order chi connectivity index (χ1) is 30.2. The summed E-state index contributed by atoms with van der Waals surface area (Å²) in [7, 11) is 0. The molecule has 0 aliphatic carbocycles. The Morgan fingerprint density at radius 2 is 0.852 bits per heavy atom. The molecule has 0 amide bonds. The summed E-state index contributed by atoms with van der Waals surface area (Å²) in [5.41, 5.74) is 10.1. The molecule has 15 rings (SSSR count). The lowest BCUT2D eigenvalue weighted by Crippen LogP contribution is -2.57. The summed E-state index contributed by atoms with van der Waals surface area (Å²) >= 11 is 3.76. The van der Waals surface area contributed by atoms with Crippen molar-refractivity contribution in [2.75, 3.05) is 0 Å². The molecule has 2 aliphatic rings. The van der Waals surface area contributed by atoms with Gasteiger partial charge in [-0.3, -0.25) is 0 Å². The molecule has 0 spiro atoms. The maximum atomic E-state index is 7.18. The standard InChI is InChI=1S/C54H29BN2O2S2/c1-6-16-40-36(13-1)50-42(25-22-34-32-11-3-9-19-48(32)60-53(34)50)56(40)30-21-24-39-45(27-30)59-47-29-31(28-46-52(47)55(39)38-15-5-8-18-44(38)58-46)57-41-17-7-2-14-37(41)51-43(57)26-23-35-33-12-4-10-20-49(33)61-54(35)51/h1-29H. The summed E-state index contributed by atoms with van der Waals surface area (Å²) < 4.78 is 24.1. The number of aromatic nitrogens is 2. The van der Waals surface area contributed by atoms with E-state index in [2.05, 4.69) is 185 Å². The van der Waals surface area contributed by atoms with Crippen molar-refractivity contribution in [3.8, 4) is 34.4 Å². The van der Waals surface area contributed by atoms with E-state index in [0.29, 0.717) is 0 Å². The number of ether oxygens (including phenoxy) is 2. The highest BCUT2D eigenvalue weighted by molar-refractivity contribution is 7.27. The molecule has 0 saturated carbocycles. The minimum Gasteiger partial charge on any atom is -0.458 e. The first-order valence-corrected chi connectivity index (χ1v) is 22.3. The zero-order valence-electron chi connectivity index (χ0n) is 32.3. The van der Waals surface area contributed by atoms with Gasteiger partial charge in [0.1, 0.15) is 23.0 Å². The first-order valence-electron chi connectivity index (χ1n) is 20.7. The van der Waals surface area contributed by atoms with Gasteiger partial charge in [-0.05, 0) is 59.5 Å². The van der Waals surface area contributed by atoms with Crippen molar-refractivity contribution in [1.82, 2.24) is 9.13 Å². The van der Waals surface area contributed by atoms with Crippen LogP contribution in [-0.4, -0.2) is 15.8 Å². The zero-order chi connectivity index (χ0) is 39.5. The third-order valence-electron chi connectivity index (χ3n) is 13.2. The van der Waals surface area contributed by atoms with E-state index in [4.69, 9.17) is 9.47 Å². The summed E-state index contributed by atoms with van der Waals surface area (Å²) in [6.45, 7) is -0.0468. The normalized spacial score (nSPS) is 13.1. The monoisotopic (exact) mass is 812 g/mol. The molecule has 0 atom stereocenters. The minimum atomic E-state index is -0.0468. The van der Waals surface area contributed by atoms with Gasteiger partial charge in [-0.2, -0.15) is 0 Å². The Morgan fingerprint density at radius 1 is 0.361 bits per heavy atom. The third-order valence-corrected chi connectivity index (χ3v) is 15.6. The van der Waals surface area contributed by atoms with Gasteiger partial charge in [-0.25, -0.2) is 0 Å². The van der Waals surface area contributed by atoms with E-state index in [9.17, 15) is 0 Å². The van der Waals surface area contributed by atoms with Crippen molar-refractivity contribution in [2.45, 2.75) is 0 Å². The number of para-hydroxylation sites is 3. The molecule has 6 heterocycles. The van der Waals surface area contributed by atoms with Crippen LogP contribution < -0.4 is 25.9 Å². The Balaban J connectivity index is 0.961. The second kappa shape index (κ2) is 11.7. The lowest BCUT2D eigenvalue weighted by molar-refractivity contribution is 0.464. The van der Waals surface area contributed by atoms with Gasteiger partial charge in [0.05, 0.1) is 27.8 Å². The number of rotatable bonds is 2. The Labute approximate surface area is 356 Å². The molecule has 13 aromatic rings. The average molecular weight is 813 g/mol. The van der Waals surface area contributed by atoms with E-state index in [1.165, 1.54) is 72.9 Å². The molecule has 4 aromatic heterocycles. The lowest BCUT2D eigenvalue weighted by atomic mass is 9.35. The summed E-state index contributed by atoms with van der Waals surface area (Å²) in [5, 5.41) is 10.3. The van der Waals surface area contributed by atoms with E-state index in [-0.39, 0.29) is 6.71 Å². The van der Waals surface area contributed by atoms with Crippen LogP contribution in [0.4, 0.5) is 0 Å². The van der Waals surface area contributed by atoms with Crippen LogP contribution in [0.3, 0.4) is 0 Å². The summed E-state index contributed by atoms with van der Waals surface area (Å²) in [5.74, 6) is 3.39. The predicted molar refractivity (Wildman–Crippen MR) is 259 cm³/mol. The topological polar surface area (TPSA) is 28.3 Å². The van der Waals surface area contributed by atoms with Crippen LogP contribution in [0.1, 0.15) is 0 Å². The van der Waals surface area contributed by atoms with Crippen molar-refractivity contribution in [3.63, 3.8) is 0 Å². The van der Waals surface area contributed by atoms with Gasteiger partial charge < -0.3 is 18.6 Å². The second-order valence-electron chi connectivity index (χ2n) is 16.3. The zero-order valence-corrected chi connectivity index (χ0v) is 34.0. The van der Waals surface area contributed by atoms with E-state index in [1.54, 1.807) is 0 Å². The SMILES string of the molecule is c1ccc2c(c1)Oc1cc(-n3c4ccccc4c4c5sc6ccccc6c5ccc43)cc3c1B2c1ccc(-n2c4ccccc4c4c5sc6ccccc6c5ccc42)cc1O3. The molecule has 7 heteroatoms. The Kier molecular flexibility index (Phi) is 6.24. The Bertz CT molecular complexity index is 4090. The van der Waals surface area contributed by atoms with Crippen LogP contribution in [-0.2, 0) is 0 Å². The summed E-state index contributed by atoms with van der Waals surface area (Å²) in [6, 6.07) is 64.1. The van der Waals surface area contributed by atoms with Crippen LogP contribution >= 0.6 is 22.7 Å². The van der Waals surface area contributed by atoms with Gasteiger partial charge in [-0.15, -0.1) is 22.7 Å².